The highest BCUT2D eigenvalue weighted by Crippen LogP contribution is 2.36. The number of unbranched alkanes of at least 4 members (excludes halogenated alkanes) is 1. The minimum atomic E-state index is -3.70. The summed E-state index contributed by atoms with van der Waals surface area (Å²) in [7, 11) is -3.70. The fourth-order valence-corrected chi connectivity index (χ4v) is 6.29. The van der Waals surface area contributed by atoms with Crippen molar-refractivity contribution in [3.05, 3.63) is 30.1 Å². The van der Waals surface area contributed by atoms with E-state index in [4.69, 9.17) is 0 Å². The molecule has 3 rings (SSSR count). The van der Waals surface area contributed by atoms with Crippen LogP contribution in [0.2, 0.25) is 0 Å². The first kappa shape index (κ1) is 28.4. The van der Waals surface area contributed by atoms with Crippen molar-refractivity contribution in [2.24, 2.45) is 17.8 Å². The number of nitrogens with zero attached hydrogens (tertiary/aromatic N) is 1. The van der Waals surface area contributed by atoms with Crippen LogP contribution >= 0.6 is 0 Å². The third kappa shape index (κ3) is 8.44. The number of likely N-dealkylation sites (tertiary alicyclic amines) is 1. The van der Waals surface area contributed by atoms with Gasteiger partial charge in [-0.25, -0.2) is 22.3 Å². The molecule has 1 aromatic rings. The molecular weight excluding hydrogens is 483 g/mol. The summed E-state index contributed by atoms with van der Waals surface area (Å²) >= 11 is 0. The van der Waals surface area contributed by atoms with Gasteiger partial charge < -0.3 is 15.5 Å². The summed E-state index contributed by atoms with van der Waals surface area (Å²) in [6, 6.07) is 3.90. The summed E-state index contributed by atoms with van der Waals surface area (Å²) in [6.45, 7) is 6.16. The molecule has 0 spiro atoms. The third-order valence-electron chi connectivity index (χ3n) is 7.22. The molecule has 8 nitrogen and oxygen atoms in total. The quantitative estimate of drug-likeness (QED) is 0.384. The number of halogens is 1. The zero-order chi connectivity index (χ0) is 26.1. The highest BCUT2D eigenvalue weighted by atomic mass is 32.2. The largest absolute Gasteiger partial charge is 0.354 e. The average molecular weight is 525 g/mol. The van der Waals surface area contributed by atoms with Crippen LogP contribution in [0.25, 0.3) is 0 Å². The van der Waals surface area contributed by atoms with Crippen LogP contribution in [0.5, 0.6) is 0 Å². The van der Waals surface area contributed by atoms with Gasteiger partial charge in [-0.1, -0.05) is 33.1 Å². The Labute approximate surface area is 214 Å². The predicted octanol–water partition coefficient (Wildman–Crippen LogP) is 3.64. The Kier molecular flexibility index (Phi) is 10.5. The molecule has 1 saturated carbocycles. The summed E-state index contributed by atoms with van der Waals surface area (Å²) in [5, 5.41) is 5.85. The fraction of sp³-hybridized carbons (Fsp3) is 0.692. The van der Waals surface area contributed by atoms with E-state index in [-0.39, 0.29) is 29.3 Å². The van der Waals surface area contributed by atoms with Crippen molar-refractivity contribution in [3.63, 3.8) is 0 Å². The number of nitrogens with one attached hydrogen (secondary N) is 3. The van der Waals surface area contributed by atoms with Crippen LogP contribution in [0, 0.1) is 23.6 Å². The van der Waals surface area contributed by atoms with E-state index in [1.54, 1.807) is 0 Å². The van der Waals surface area contributed by atoms with Gasteiger partial charge in [0.2, 0.25) is 15.9 Å². The van der Waals surface area contributed by atoms with E-state index >= 15 is 0 Å². The number of sulfonamides is 1. The Morgan fingerprint density at radius 3 is 2.39 bits per heavy atom. The Morgan fingerprint density at radius 1 is 1.03 bits per heavy atom. The van der Waals surface area contributed by atoms with Crippen molar-refractivity contribution >= 4 is 22.0 Å². The van der Waals surface area contributed by atoms with Crippen LogP contribution in [0.1, 0.15) is 65.2 Å². The first-order chi connectivity index (χ1) is 17.2. The summed E-state index contributed by atoms with van der Waals surface area (Å²) in [6.07, 6.45) is 7.69. The SMILES string of the molecule is CC(C)C[C@H](NC(=O)N1CCC2CCCCC2C1)C(=O)NCCCCNS(=O)(=O)c1ccc(F)cc1. The molecule has 36 heavy (non-hydrogen) atoms. The fourth-order valence-electron chi connectivity index (χ4n) is 5.22. The Bertz CT molecular complexity index is 971. The van der Waals surface area contributed by atoms with Gasteiger partial charge in [0.25, 0.3) is 0 Å². The number of hydrogen-bond acceptors (Lipinski definition) is 4. The lowest BCUT2D eigenvalue weighted by Gasteiger charge is -2.41. The van der Waals surface area contributed by atoms with E-state index in [9.17, 15) is 22.4 Å². The van der Waals surface area contributed by atoms with Crippen LogP contribution in [0.15, 0.2) is 29.2 Å². The molecule has 1 aromatic carbocycles. The minimum absolute atomic E-state index is 0.0113. The van der Waals surface area contributed by atoms with E-state index in [1.807, 2.05) is 18.7 Å². The molecule has 1 aliphatic heterocycles. The molecule has 2 fully saturated rings. The van der Waals surface area contributed by atoms with Gasteiger partial charge in [-0.3, -0.25) is 4.79 Å². The van der Waals surface area contributed by atoms with Gasteiger partial charge in [-0.2, -0.15) is 0 Å². The molecule has 0 radical (unpaired) electrons. The predicted molar refractivity (Wildman–Crippen MR) is 137 cm³/mol. The Hall–Kier alpha value is -2.20. The second kappa shape index (κ2) is 13.4. The molecule has 0 bridgehead atoms. The van der Waals surface area contributed by atoms with Crippen molar-refractivity contribution in [1.82, 2.24) is 20.3 Å². The van der Waals surface area contributed by atoms with Crippen molar-refractivity contribution in [2.75, 3.05) is 26.2 Å². The number of piperidine rings is 1. The van der Waals surface area contributed by atoms with E-state index in [0.29, 0.717) is 31.7 Å². The van der Waals surface area contributed by atoms with E-state index in [1.165, 1.54) is 37.8 Å². The molecule has 3 atom stereocenters. The highest BCUT2D eigenvalue weighted by molar-refractivity contribution is 7.89. The smallest absolute Gasteiger partial charge is 0.318 e. The van der Waals surface area contributed by atoms with Crippen molar-refractivity contribution in [1.29, 1.82) is 0 Å². The van der Waals surface area contributed by atoms with Crippen LogP contribution in [-0.2, 0) is 14.8 Å². The number of hydrogen-bond donors (Lipinski definition) is 3. The molecule has 2 aliphatic rings. The number of carbonyl (C=O) groups is 2. The second-order valence-electron chi connectivity index (χ2n) is 10.5. The lowest BCUT2D eigenvalue weighted by Crippen LogP contribution is -2.54. The lowest BCUT2D eigenvalue weighted by atomic mass is 9.75. The average Bonchev–Trinajstić information content (AvgIpc) is 2.85. The number of benzene rings is 1. The van der Waals surface area contributed by atoms with E-state index in [0.717, 1.165) is 37.6 Å². The third-order valence-corrected chi connectivity index (χ3v) is 8.70. The highest BCUT2D eigenvalue weighted by Gasteiger charge is 2.34. The van der Waals surface area contributed by atoms with Gasteiger partial charge in [0.1, 0.15) is 11.9 Å². The molecule has 1 aliphatic carbocycles. The van der Waals surface area contributed by atoms with Gasteiger partial charge in [0.05, 0.1) is 4.90 Å². The van der Waals surface area contributed by atoms with Crippen molar-refractivity contribution in [2.45, 2.75) is 76.2 Å². The first-order valence-corrected chi connectivity index (χ1v) is 14.7. The van der Waals surface area contributed by atoms with Gasteiger partial charge in [0, 0.05) is 26.2 Å². The summed E-state index contributed by atoms with van der Waals surface area (Å²) in [4.78, 5) is 27.7. The van der Waals surface area contributed by atoms with Crippen LogP contribution < -0.4 is 15.4 Å². The number of rotatable bonds is 11. The summed E-state index contributed by atoms with van der Waals surface area (Å²) < 4.78 is 40.0. The van der Waals surface area contributed by atoms with Gasteiger partial charge in [-0.05, 0) is 74.1 Å². The zero-order valence-corrected chi connectivity index (χ0v) is 22.3. The molecule has 202 valence electrons. The molecule has 1 heterocycles. The first-order valence-electron chi connectivity index (χ1n) is 13.2. The van der Waals surface area contributed by atoms with Crippen molar-refractivity contribution in [3.8, 4) is 0 Å². The van der Waals surface area contributed by atoms with Crippen LogP contribution in [0.3, 0.4) is 0 Å². The second-order valence-corrected chi connectivity index (χ2v) is 12.3. The number of urea groups is 1. The van der Waals surface area contributed by atoms with Crippen molar-refractivity contribution < 1.29 is 22.4 Å². The summed E-state index contributed by atoms with van der Waals surface area (Å²) in [5.74, 6) is 0.849. The van der Waals surface area contributed by atoms with E-state index < -0.39 is 21.9 Å². The number of carbonyl (C=O) groups excluding carboxylic acids is 2. The van der Waals surface area contributed by atoms with Crippen LogP contribution in [-0.4, -0.2) is 57.5 Å². The molecule has 1 saturated heterocycles. The monoisotopic (exact) mass is 524 g/mol. The maximum Gasteiger partial charge on any atom is 0.318 e. The van der Waals surface area contributed by atoms with Gasteiger partial charge in [-0.15, -0.1) is 0 Å². The molecule has 2 unspecified atom stereocenters. The number of fused-ring (bicyclic) bond motifs is 1. The lowest BCUT2D eigenvalue weighted by molar-refractivity contribution is -0.123. The molecule has 3 amide bonds. The summed E-state index contributed by atoms with van der Waals surface area (Å²) in [5.41, 5.74) is 0. The number of amides is 3. The topological polar surface area (TPSA) is 108 Å². The van der Waals surface area contributed by atoms with Crippen LogP contribution in [0.4, 0.5) is 9.18 Å². The minimum Gasteiger partial charge on any atom is -0.354 e. The maximum absolute atomic E-state index is 13.0. The molecule has 3 N–H and O–H groups in total. The maximum atomic E-state index is 13.0. The van der Waals surface area contributed by atoms with Gasteiger partial charge in [0.15, 0.2) is 0 Å². The normalized spacial score (nSPS) is 21.1. The molecule has 0 aromatic heterocycles. The molecular formula is C26H41FN4O4S. The van der Waals surface area contributed by atoms with E-state index in [2.05, 4.69) is 15.4 Å². The molecule has 10 heteroatoms. The standard InChI is InChI=1S/C26H41FN4O4S/c1-19(2)17-24(30-26(33)31-16-13-20-7-3-4-8-21(20)18-31)25(32)28-14-5-6-15-29-36(34,35)23-11-9-22(27)10-12-23/h9-12,19-21,24,29H,3-8,13-18H2,1-2H3,(H,28,32)(H,30,33)/t20?,21?,24-/m0/s1. The zero-order valence-electron chi connectivity index (χ0n) is 21.5. The Morgan fingerprint density at radius 2 is 1.69 bits per heavy atom. The van der Waals surface area contributed by atoms with Gasteiger partial charge >= 0.3 is 6.03 Å². The Balaban J connectivity index is 1.40.